The predicted molar refractivity (Wildman–Crippen MR) is 52.4 cm³/mol. The highest BCUT2D eigenvalue weighted by atomic mass is 127. The molecule has 1 heterocycles. The molecule has 0 fully saturated rings. The molecule has 0 aliphatic rings. The maximum Gasteiger partial charge on any atom is 0.189 e. The molecule has 0 aromatic carbocycles. The molecule has 4 heteroatoms. The molecule has 1 aromatic rings. The molecule has 0 atom stereocenters. The van der Waals surface area contributed by atoms with E-state index in [1.807, 2.05) is 7.05 Å². The SMILES string of the molecule is Cn1nc(C(C)(C)C)nc1I. The minimum atomic E-state index is 0.0567. The molecular formula is C7H12IN3. The second-order valence-electron chi connectivity index (χ2n) is 3.58. The van der Waals surface area contributed by atoms with E-state index >= 15 is 0 Å². The zero-order valence-electron chi connectivity index (χ0n) is 7.22. The van der Waals surface area contributed by atoms with E-state index in [4.69, 9.17) is 0 Å². The third-order valence-electron chi connectivity index (χ3n) is 1.38. The molecule has 62 valence electrons. The van der Waals surface area contributed by atoms with Gasteiger partial charge < -0.3 is 0 Å². The van der Waals surface area contributed by atoms with Crippen molar-refractivity contribution in [1.82, 2.24) is 14.8 Å². The molecule has 11 heavy (non-hydrogen) atoms. The largest absolute Gasteiger partial charge is 0.244 e. The van der Waals surface area contributed by atoms with Gasteiger partial charge in [-0.2, -0.15) is 5.10 Å². The molecule has 0 aliphatic heterocycles. The molecule has 1 rings (SSSR count). The third kappa shape index (κ3) is 1.91. The summed E-state index contributed by atoms with van der Waals surface area (Å²) in [6.07, 6.45) is 0. The van der Waals surface area contributed by atoms with E-state index in [0.717, 1.165) is 9.66 Å². The molecule has 0 saturated carbocycles. The van der Waals surface area contributed by atoms with Crippen molar-refractivity contribution in [3.05, 3.63) is 9.66 Å². The minimum absolute atomic E-state index is 0.0567. The van der Waals surface area contributed by atoms with Crippen molar-refractivity contribution in [1.29, 1.82) is 0 Å². The van der Waals surface area contributed by atoms with E-state index < -0.39 is 0 Å². The number of aromatic nitrogens is 3. The Morgan fingerprint density at radius 2 is 1.91 bits per heavy atom. The van der Waals surface area contributed by atoms with Gasteiger partial charge in [-0.1, -0.05) is 20.8 Å². The highest BCUT2D eigenvalue weighted by Crippen LogP contribution is 2.18. The Kier molecular flexibility index (Phi) is 2.22. The zero-order chi connectivity index (χ0) is 8.65. The van der Waals surface area contributed by atoms with E-state index in [9.17, 15) is 0 Å². The zero-order valence-corrected chi connectivity index (χ0v) is 9.38. The number of aryl methyl sites for hydroxylation is 1. The van der Waals surface area contributed by atoms with Gasteiger partial charge >= 0.3 is 0 Å². The smallest absolute Gasteiger partial charge is 0.189 e. The molecule has 0 bridgehead atoms. The third-order valence-corrected chi connectivity index (χ3v) is 2.32. The van der Waals surface area contributed by atoms with Crippen LogP contribution in [0.25, 0.3) is 0 Å². The fourth-order valence-corrected chi connectivity index (χ4v) is 1.02. The summed E-state index contributed by atoms with van der Waals surface area (Å²) in [6, 6.07) is 0. The van der Waals surface area contributed by atoms with Gasteiger partial charge in [0.15, 0.2) is 9.66 Å². The van der Waals surface area contributed by atoms with Crippen LogP contribution in [0.4, 0.5) is 0 Å². The van der Waals surface area contributed by atoms with Crippen molar-refractivity contribution in [2.75, 3.05) is 0 Å². The van der Waals surface area contributed by atoms with E-state index in [-0.39, 0.29) is 5.41 Å². The lowest BCUT2D eigenvalue weighted by Gasteiger charge is -2.11. The van der Waals surface area contributed by atoms with Gasteiger partial charge in [-0.05, 0) is 0 Å². The van der Waals surface area contributed by atoms with Crippen LogP contribution in [0.5, 0.6) is 0 Å². The Morgan fingerprint density at radius 3 is 2.09 bits per heavy atom. The highest BCUT2D eigenvalue weighted by Gasteiger charge is 2.19. The standard InChI is InChI=1S/C7H12IN3/c1-7(2,3)5-9-6(8)11(4)10-5/h1-4H3. The van der Waals surface area contributed by atoms with Crippen LogP contribution in [0, 0.1) is 3.83 Å². The Labute approximate surface area is 80.3 Å². The molecule has 0 aliphatic carbocycles. The van der Waals surface area contributed by atoms with Crippen molar-refractivity contribution < 1.29 is 0 Å². The minimum Gasteiger partial charge on any atom is -0.244 e. The second-order valence-corrected chi connectivity index (χ2v) is 4.54. The van der Waals surface area contributed by atoms with Crippen LogP contribution in [-0.4, -0.2) is 14.8 Å². The second kappa shape index (κ2) is 2.73. The number of hydrogen-bond acceptors (Lipinski definition) is 2. The molecule has 3 nitrogen and oxygen atoms in total. The number of hydrogen-bond donors (Lipinski definition) is 0. The van der Waals surface area contributed by atoms with Crippen LogP contribution < -0.4 is 0 Å². The van der Waals surface area contributed by atoms with Gasteiger partial charge in [0.2, 0.25) is 0 Å². The maximum absolute atomic E-state index is 4.32. The van der Waals surface area contributed by atoms with Crippen molar-refractivity contribution in [2.24, 2.45) is 7.05 Å². The average molecular weight is 265 g/mol. The summed E-state index contributed by atoms with van der Waals surface area (Å²) >= 11 is 2.17. The Morgan fingerprint density at radius 1 is 1.36 bits per heavy atom. The summed E-state index contributed by atoms with van der Waals surface area (Å²) < 4.78 is 2.73. The first-order chi connectivity index (χ1) is 4.91. The lowest BCUT2D eigenvalue weighted by atomic mass is 9.96. The normalized spacial score (nSPS) is 12.1. The molecule has 0 saturated heterocycles. The van der Waals surface area contributed by atoms with Crippen molar-refractivity contribution in [3.63, 3.8) is 0 Å². The first kappa shape index (κ1) is 8.96. The van der Waals surface area contributed by atoms with Crippen LogP contribution in [0.15, 0.2) is 0 Å². The van der Waals surface area contributed by atoms with Crippen LogP contribution in [0.3, 0.4) is 0 Å². The molecule has 0 unspecified atom stereocenters. The summed E-state index contributed by atoms with van der Waals surface area (Å²) in [6.45, 7) is 6.33. The molecule has 0 spiro atoms. The van der Waals surface area contributed by atoms with Crippen molar-refractivity contribution in [3.8, 4) is 0 Å². The van der Waals surface area contributed by atoms with Gasteiger partial charge in [0.05, 0.1) is 0 Å². The molecule has 0 amide bonds. The number of halogens is 1. The van der Waals surface area contributed by atoms with Crippen molar-refractivity contribution >= 4 is 22.6 Å². The molecule has 0 radical (unpaired) electrons. The first-order valence-corrected chi connectivity index (χ1v) is 4.56. The topological polar surface area (TPSA) is 30.7 Å². The van der Waals surface area contributed by atoms with E-state index in [0.29, 0.717) is 0 Å². The van der Waals surface area contributed by atoms with Gasteiger partial charge in [-0.3, -0.25) is 0 Å². The van der Waals surface area contributed by atoms with E-state index in [2.05, 4.69) is 53.4 Å². The summed E-state index contributed by atoms with van der Waals surface area (Å²) in [5, 5.41) is 4.28. The van der Waals surface area contributed by atoms with Gasteiger partial charge in [-0.15, -0.1) is 0 Å². The van der Waals surface area contributed by atoms with Crippen LogP contribution in [0.1, 0.15) is 26.6 Å². The van der Waals surface area contributed by atoms with Gasteiger partial charge in [0.25, 0.3) is 0 Å². The lowest BCUT2D eigenvalue weighted by molar-refractivity contribution is 0.538. The highest BCUT2D eigenvalue weighted by molar-refractivity contribution is 14.1. The van der Waals surface area contributed by atoms with Crippen LogP contribution in [0.2, 0.25) is 0 Å². The summed E-state index contributed by atoms with van der Waals surface area (Å²) in [5.41, 5.74) is 0.0567. The van der Waals surface area contributed by atoms with Crippen LogP contribution >= 0.6 is 22.6 Å². The van der Waals surface area contributed by atoms with E-state index in [1.54, 1.807) is 4.68 Å². The number of nitrogens with zero attached hydrogens (tertiary/aromatic N) is 3. The summed E-state index contributed by atoms with van der Waals surface area (Å²) in [7, 11) is 1.91. The van der Waals surface area contributed by atoms with E-state index in [1.165, 1.54) is 0 Å². The summed E-state index contributed by atoms with van der Waals surface area (Å²) in [5.74, 6) is 0.907. The first-order valence-electron chi connectivity index (χ1n) is 3.48. The Balaban J connectivity index is 3.08. The monoisotopic (exact) mass is 265 g/mol. The fraction of sp³-hybridized carbons (Fsp3) is 0.714. The van der Waals surface area contributed by atoms with Gasteiger partial charge in [0, 0.05) is 35.1 Å². The molecular weight excluding hydrogens is 253 g/mol. The number of rotatable bonds is 0. The Bertz CT molecular complexity index is 240. The van der Waals surface area contributed by atoms with Crippen LogP contribution in [-0.2, 0) is 12.5 Å². The Hall–Kier alpha value is -0.130. The fourth-order valence-electron chi connectivity index (χ4n) is 0.683. The predicted octanol–water partition coefficient (Wildman–Crippen LogP) is 1.72. The maximum atomic E-state index is 4.32. The quantitative estimate of drug-likeness (QED) is 0.669. The van der Waals surface area contributed by atoms with Crippen molar-refractivity contribution in [2.45, 2.75) is 26.2 Å². The molecule has 0 N–H and O–H groups in total. The van der Waals surface area contributed by atoms with Gasteiger partial charge in [0.1, 0.15) is 0 Å². The lowest BCUT2D eigenvalue weighted by Crippen LogP contribution is -2.13. The summed E-state index contributed by atoms with van der Waals surface area (Å²) in [4.78, 5) is 4.32. The molecule has 1 aromatic heterocycles. The van der Waals surface area contributed by atoms with Gasteiger partial charge in [-0.25, -0.2) is 9.67 Å². The average Bonchev–Trinajstić information content (AvgIpc) is 2.11.